The van der Waals surface area contributed by atoms with Gasteiger partial charge in [-0.05, 0) is 18.3 Å². The fraction of sp³-hybridized carbons (Fsp3) is 0.571. The van der Waals surface area contributed by atoms with E-state index < -0.39 is 5.97 Å². The molecule has 1 saturated carbocycles. The van der Waals surface area contributed by atoms with Crippen molar-refractivity contribution in [2.75, 3.05) is 31.8 Å². The molecule has 0 spiro atoms. The fourth-order valence-corrected chi connectivity index (χ4v) is 3.46. The highest BCUT2D eigenvalue weighted by Gasteiger charge is 2.33. The number of thiophene rings is 1. The van der Waals surface area contributed by atoms with Gasteiger partial charge in [-0.25, -0.2) is 4.79 Å². The molecule has 6 nitrogen and oxygen atoms in total. The first-order chi connectivity index (χ1) is 9.91. The molecule has 0 aliphatic heterocycles. The van der Waals surface area contributed by atoms with E-state index in [1.807, 2.05) is 0 Å². The molecule has 4 N–H and O–H groups in total. The maximum absolute atomic E-state index is 11.9. The first kappa shape index (κ1) is 15.6. The molecule has 0 radical (unpaired) electrons. The molecule has 1 aromatic heterocycles. The Morgan fingerprint density at radius 2 is 2.10 bits per heavy atom. The van der Waals surface area contributed by atoms with Gasteiger partial charge in [-0.15, -0.1) is 11.3 Å². The lowest BCUT2D eigenvalue weighted by Crippen LogP contribution is -2.33. The minimum Gasteiger partial charge on any atom is -0.465 e. The summed E-state index contributed by atoms with van der Waals surface area (Å²) in [4.78, 5) is 24.1. The van der Waals surface area contributed by atoms with Gasteiger partial charge in [0.05, 0.1) is 12.8 Å². The number of ether oxygens (including phenoxy) is 1. The molecule has 0 atom stereocenters. The van der Waals surface area contributed by atoms with Gasteiger partial charge in [0.25, 0.3) is 5.91 Å². The van der Waals surface area contributed by atoms with E-state index in [4.69, 9.17) is 10.5 Å². The van der Waals surface area contributed by atoms with E-state index in [1.54, 1.807) is 0 Å². The lowest BCUT2D eigenvalue weighted by atomic mass is 9.70. The summed E-state index contributed by atoms with van der Waals surface area (Å²) >= 11 is 1.19. The molecule has 0 aromatic carbocycles. The van der Waals surface area contributed by atoms with Crippen molar-refractivity contribution in [1.82, 2.24) is 5.32 Å². The highest BCUT2D eigenvalue weighted by molar-refractivity contribution is 7.19. The van der Waals surface area contributed by atoms with Gasteiger partial charge < -0.3 is 21.1 Å². The molecule has 7 heteroatoms. The predicted octanol–water partition coefficient (Wildman–Crippen LogP) is 2.08. The zero-order chi connectivity index (χ0) is 15.6. The third kappa shape index (κ3) is 2.97. The Labute approximate surface area is 128 Å². The van der Waals surface area contributed by atoms with E-state index in [0.29, 0.717) is 9.88 Å². The second kappa shape index (κ2) is 5.93. The van der Waals surface area contributed by atoms with Crippen molar-refractivity contribution < 1.29 is 14.3 Å². The van der Waals surface area contributed by atoms with Gasteiger partial charge in [0, 0.05) is 13.6 Å². The lowest BCUT2D eigenvalue weighted by molar-refractivity contribution is 0.0603. The molecule has 1 amide bonds. The highest BCUT2D eigenvalue weighted by atomic mass is 32.1. The Balaban J connectivity index is 2.29. The molecule has 1 aliphatic carbocycles. The number of carbonyl (C=O) groups is 2. The number of amides is 1. The van der Waals surface area contributed by atoms with Crippen molar-refractivity contribution in [3.63, 3.8) is 0 Å². The fourth-order valence-electron chi connectivity index (χ4n) is 2.41. The number of anilines is 2. The molecule has 2 rings (SSSR count). The normalized spacial score (nSPS) is 16.0. The topological polar surface area (TPSA) is 93.5 Å². The second-order valence-electron chi connectivity index (χ2n) is 5.64. The summed E-state index contributed by atoms with van der Waals surface area (Å²) in [6, 6.07) is 0. The highest BCUT2D eigenvalue weighted by Crippen LogP contribution is 2.42. The summed E-state index contributed by atoms with van der Waals surface area (Å²) in [6.45, 7) is 2.96. The van der Waals surface area contributed by atoms with Crippen LogP contribution in [0.4, 0.5) is 10.7 Å². The lowest BCUT2D eigenvalue weighted by Gasteiger charge is -2.38. The number of nitrogens with two attached hydrogens (primary N) is 1. The molecule has 1 heterocycles. The van der Waals surface area contributed by atoms with Gasteiger partial charge in [0.15, 0.2) is 0 Å². The van der Waals surface area contributed by atoms with E-state index in [9.17, 15) is 9.59 Å². The van der Waals surface area contributed by atoms with Gasteiger partial charge in [-0.2, -0.15) is 0 Å². The Bertz CT molecular complexity index is 564. The van der Waals surface area contributed by atoms with Crippen molar-refractivity contribution in [1.29, 1.82) is 0 Å². The minimum atomic E-state index is -0.528. The average Bonchev–Trinajstić information content (AvgIpc) is 2.78. The van der Waals surface area contributed by atoms with Crippen LogP contribution in [-0.2, 0) is 4.74 Å². The van der Waals surface area contributed by atoms with Crippen LogP contribution in [0.15, 0.2) is 0 Å². The summed E-state index contributed by atoms with van der Waals surface area (Å²) in [5, 5.41) is 6.40. The Morgan fingerprint density at radius 1 is 1.43 bits per heavy atom. The van der Waals surface area contributed by atoms with Crippen LogP contribution in [0.1, 0.15) is 46.2 Å². The van der Waals surface area contributed by atoms with Crippen LogP contribution < -0.4 is 16.4 Å². The Hall–Kier alpha value is -1.76. The number of rotatable bonds is 5. The van der Waals surface area contributed by atoms with Gasteiger partial charge in [-0.3, -0.25) is 4.79 Å². The van der Waals surface area contributed by atoms with E-state index >= 15 is 0 Å². The molecule has 1 aliphatic rings. The average molecular weight is 311 g/mol. The van der Waals surface area contributed by atoms with Crippen LogP contribution in [-0.4, -0.2) is 32.6 Å². The number of methoxy groups -OCH3 is 1. The monoisotopic (exact) mass is 311 g/mol. The van der Waals surface area contributed by atoms with Gasteiger partial charge in [0.2, 0.25) is 0 Å². The van der Waals surface area contributed by atoms with Crippen molar-refractivity contribution >= 4 is 33.9 Å². The number of hydrogen-bond acceptors (Lipinski definition) is 6. The molecule has 0 bridgehead atoms. The molecule has 116 valence electrons. The summed E-state index contributed by atoms with van der Waals surface area (Å²) < 4.78 is 4.77. The van der Waals surface area contributed by atoms with Gasteiger partial charge in [0.1, 0.15) is 15.4 Å². The number of nitrogen functional groups attached to an aromatic ring is 1. The predicted molar refractivity (Wildman–Crippen MR) is 83.9 cm³/mol. The standard InChI is InChI=1S/C14H21N3O3S/c1-14(5-4-6-14)7-17-12-8(13(19)20-3)9(15)10(21-12)11(18)16-2/h17H,4-7,15H2,1-3H3,(H,16,18). The molecule has 21 heavy (non-hydrogen) atoms. The van der Waals surface area contributed by atoms with Gasteiger partial charge >= 0.3 is 5.97 Å². The minimum absolute atomic E-state index is 0.174. The molecule has 1 fully saturated rings. The van der Waals surface area contributed by atoms with Crippen molar-refractivity contribution in [2.24, 2.45) is 5.41 Å². The molecular weight excluding hydrogens is 290 g/mol. The van der Waals surface area contributed by atoms with Crippen LogP contribution in [0.5, 0.6) is 0 Å². The third-order valence-corrected chi connectivity index (χ3v) is 5.17. The number of hydrogen-bond donors (Lipinski definition) is 3. The second-order valence-corrected chi connectivity index (χ2v) is 6.66. The van der Waals surface area contributed by atoms with Crippen LogP contribution >= 0.6 is 11.3 Å². The maximum atomic E-state index is 11.9. The van der Waals surface area contributed by atoms with E-state index in [0.717, 1.165) is 19.4 Å². The van der Waals surface area contributed by atoms with Crippen LogP contribution in [0.2, 0.25) is 0 Å². The quantitative estimate of drug-likeness (QED) is 0.724. The Kier molecular flexibility index (Phi) is 4.41. The largest absolute Gasteiger partial charge is 0.465 e. The first-order valence-electron chi connectivity index (χ1n) is 6.88. The van der Waals surface area contributed by atoms with Crippen LogP contribution in [0, 0.1) is 5.41 Å². The SMILES string of the molecule is CNC(=O)c1sc(NCC2(C)CCC2)c(C(=O)OC)c1N. The van der Waals surface area contributed by atoms with E-state index in [2.05, 4.69) is 17.6 Å². The zero-order valence-electron chi connectivity index (χ0n) is 12.5. The first-order valence-corrected chi connectivity index (χ1v) is 7.70. The van der Waals surface area contributed by atoms with Crippen LogP contribution in [0.25, 0.3) is 0 Å². The summed E-state index contributed by atoms with van der Waals surface area (Å²) in [5.74, 6) is -0.828. The van der Waals surface area contributed by atoms with Crippen LogP contribution in [0.3, 0.4) is 0 Å². The maximum Gasteiger partial charge on any atom is 0.343 e. The Morgan fingerprint density at radius 3 is 2.57 bits per heavy atom. The number of esters is 1. The molecule has 1 aromatic rings. The van der Waals surface area contributed by atoms with Crippen molar-refractivity contribution in [3.05, 3.63) is 10.4 Å². The third-order valence-electron chi connectivity index (χ3n) is 4.00. The van der Waals surface area contributed by atoms with Gasteiger partial charge in [-0.1, -0.05) is 13.3 Å². The van der Waals surface area contributed by atoms with E-state index in [1.165, 1.54) is 31.9 Å². The summed E-state index contributed by atoms with van der Waals surface area (Å²) in [5.41, 5.74) is 6.63. The van der Waals surface area contributed by atoms with Crippen molar-refractivity contribution in [2.45, 2.75) is 26.2 Å². The molecular formula is C14H21N3O3S. The summed E-state index contributed by atoms with van der Waals surface area (Å²) in [7, 11) is 2.83. The zero-order valence-corrected chi connectivity index (χ0v) is 13.4. The number of carbonyl (C=O) groups excluding carboxylic acids is 2. The molecule has 0 saturated heterocycles. The molecule has 0 unspecified atom stereocenters. The van der Waals surface area contributed by atoms with Crippen molar-refractivity contribution in [3.8, 4) is 0 Å². The summed E-state index contributed by atoms with van der Waals surface area (Å²) in [6.07, 6.45) is 3.56. The van der Waals surface area contributed by atoms with E-state index in [-0.39, 0.29) is 22.6 Å². The smallest absolute Gasteiger partial charge is 0.343 e. The number of nitrogens with one attached hydrogen (secondary N) is 2.